The van der Waals surface area contributed by atoms with E-state index in [-0.39, 0.29) is 6.29 Å². The fourth-order valence-electron chi connectivity index (χ4n) is 2.44. The fourth-order valence-corrected chi connectivity index (χ4v) is 2.44. The molecule has 0 saturated carbocycles. The second-order valence-electron chi connectivity index (χ2n) is 5.65. The molecule has 0 bridgehead atoms. The van der Waals surface area contributed by atoms with Gasteiger partial charge in [-0.2, -0.15) is 5.10 Å². The normalized spacial score (nSPS) is 11.3. The third-order valence-electron chi connectivity index (χ3n) is 3.82. The maximum atomic E-state index is 5.43. The largest absolute Gasteiger partial charge is 0.359 e. The van der Waals surface area contributed by atoms with Crippen LogP contribution in [0.3, 0.4) is 0 Å². The molecule has 3 rings (SSSR count). The third kappa shape index (κ3) is 3.90. The number of ether oxygens (including phenoxy) is 2. The lowest BCUT2D eigenvalue weighted by atomic mass is 10.1. The Morgan fingerprint density at radius 1 is 1.12 bits per heavy atom. The van der Waals surface area contributed by atoms with E-state index in [0.29, 0.717) is 13.0 Å². The molecule has 0 unspecified atom stereocenters. The van der Waals surface area contributed by atoms with Crippen molar-refractivity contribution in [2.75, 3.05) is 14.2 Å². The van der Waals surface area contributed by atoms with E-state index in [1.54, 1.807) is 14.2 Å². The molecule has 126 valence electrons. The van der Waals surface area contributed by atoms with Gasteiger partial charge in [0.2, 0.25) is 0 Å². The van der Waals surface area contributed by atoms with E-state index in [9.17, 15) is 0 Å². The molecule has 3 aromatic rings. The number of methoxy groups -OCH3 is 2. The average Bonchev–Trinajstić information content (AvgIpc) is 3.23. The highest BCUT2D eigenvalue weighted by atomic mass is 16.7. The summed E-state index contributed by atoms with van der Waals surface area (Å²) in [6.07, 6.45) is 2.23. The van der Waals surface area contributed by atoms with E-state index < -0.39 is 0 Å². The van der Waals surface area contributed by atoms with Crippen molar-refractivity contribution < 1.29 is 14.0 Å². The zero-order valence-electron chi connectivity index (χ0n) is 14.1. The van der Waals surface area contributed by atoms with Crippen LogP contribution in [0, 0.1) is 6.92 Å². The van der Waals surface area contributed by atoms with Crippen molar-refractivity contribution in [3.05, 3.63) is 59.6 Å². The molecule has 0 amide bonds. The van der Waals surface area contributed by atoms with Crippen molar-refractivity contribution in [2.45, 2.75) is 26.2 Å². The van der Waals surface area contributed by atoms with Crippen LogP contribution in [0.15, 0.2) is 47.1 Å². The van der Waals surface area contributed by atoms with Crippen LogP contribution in [0.5, 0.6) is 0 Å². The van der Waals surface area contributed by atoms with E-state index >= 15 is 0 Å². The average molecular weight is 327 g/mol. The molecule has 24 heavy (non-hydrogen) atoms. The molecule has 2 aromatic heterocycles. The zero-order valence-corrected chi connectivity index (χ0v) is 14.1. The molecule has 0 radical (unpaired) electrons. The first-order chi connectivity index (χ1) is 11.7. The number of hydrogen-bond donors (Lipinski definition) is 0. The smallest absolute Gasteiger partial charge is 0.162 e. The van der Waals surface area contributed by atoms with E-state index in [1.165, 1.54) is 5.56 Å². The maximum absolute atomic E-state index is 5.43. The summed E-state index contributed by atoms with van der Waals surface area (Å²) < 4.78 is 17.6. The summed E-state index contributed by atoms with van der Waals surface area (Å²) >= 11 is 0. The van der Waals surface area contributed by atoms with Gasteiger partial charge < -0.3 is 14.0 Å². The summed E-state index contributed by atoms with van der Waals surface area (Å²) in [5.74, 6) is 0.759. The number of nitrogens with zero attached hydrogens (tertiary/aromatic N) is 3. The first-order valence-corrected chi connectivity index (χ1v) is 7.78. The Kier molecular flexibility index (Phi) is 5.08. The number of aryl methyl sites for hydroxylation is 1. The Hall–Kier alpha value is -2.44. The lowest BCUT2D eigenvalue weighted by molar-refractivity contribution is -0.101. The van der Waals surface area contributed by atoms with Crippen LogP contribution in [-0.2, 0) is 22.4 Å². The lowest BCUT2D eigenvalue weighted by Crippen LogP contribution is -2.16. The number of benzene rings is 1. The number of aromatic nitrogens is 3. The van der Waals surface area contributed by atoms with Crippen LogP contribution >= 0.6 is 0 Å². The van der Waals surface area contributed by atoms with Crippen LogP contribution in [0.2, 0.25) is 0 Å². The highest BCUT2D eigenvalue weighted by molar-refractivity contribution is 5.59. The standard InChI is InChI=1S/C18H21N3O3/c1-13-4-6-14(7-5-13)17-11-16(24-20-17)12-21-9-8-15(19-21)10-18(22-2)23-3/h4-9,11,18H,10,12H2,1-3H3. The van der Waals surface area contributed by atoms with Gasteiger partial charge in [-0.15, -0.1) is 0 Å². The van der Waals surface area contributed by atoms with Crippen molar-refractivity contribution in [1.82, 2.24) is 14.9 Å². The van der Waals surface area contributed by atoms with Gasteiger partial charge in [-0.25, -0.2) is 0 Å². The molecule has 0 aliphatic carbocycles. The molecule has 0 aliphatic rings. The van der Waals surface area contributed by atoms with Gasteiger partial charge >= 0.3 is 0 Å². The summed E-state index contributed by atoms with van der Waals surface area (Å²) in [5, 5.41) is 8.64. The molecule has 0 atom stereocenters. The predicted molar refractivity (Wildman–Crippen MR) is 89.5 cm³/mol. The van der Waals surface area contributed by atoms with Crippen LogP contribution in [-0.4, -0.2) is 35.4 Å². The molecular weight excluding hydrogens is 306 g/mol. The lowest BCUT2D eigenvalue weighted by Gasteiger charge is -2.10. The van der Waals surface area contributed by atoms with Gasteiger partial charge in [0.25, 0.3) is 0 Å². The third-order valence-corrected chi connectivity index (χ3v) is 3.82. The highest BCUT2D eigenvalue weighted by Crippen LogP contribution is 2.20. The first kappa shape index (κ1) is 16.4. The van der Waals surface area contributed by atoms with Gasteiger partial charge in [0.05, 0.1) is 5.69 Å². The van der Waals surface area contributed by atoms with E-state index in [2.05, 4.69) is 29.3 Å². The molecule has 2 heterocycles. The molecule has 6 nitrogen and oxygen atoms in total. The van der Waals surface area contributed by atoms with Gasteiger partial charge in [-0.1, -0.05) is 35.0 Å². The number of rotatable bonds is 7. The molecular formula is C18H21N3O3. The van der Waals surface area contributed by atoms with Crippen molar-refractivity contribution in [1.29, 1.82) is 0 Å². The van der Waals surface area contributed by atoms with E-state index in [4.69, 9.17) is 14.0 Å². The molecule has 0 spiro atoms. The second kappa shape index (κ2) is 7.42. The molecule has 6 heteroatoms. The minimum Gasteiger partial charge on any atom is -0.359 e. The number of hydrogen-bond acceptors (Lipinski definition) is 5. The van der Waals surface area contributed by atoms with Crippen LogP contribution in [0.1, 0.15) is 17.0 Å². The quantitative estimate of drug-likeness (QED) is 0.624. The molecule has 0 N–H and O–H groups in total. The molecule has 0 fully saturated rings. The molecule has 0 aliphatic heterocycles. The minimum atomic E-state index is -0.285. The second-order valence-corrected chi connectivity index (χ2v) is 5.65. The first-order valence-electron chi connectivity index (χ1n) is 7.78. The van der Waals surface area contributed by atoms with Crippen LogP contribution < -0.4 is 0 Å². The summed E-state index contributed by atoms with van der Waals surface area (Å²) in [4.78, 5) is 0. The summed E-state index contributed by atoms with van der Waals surface area (Å²) in [6, 6.07) is 12.1. The van der Waals surface area contributed by atoms with Gasteiger partial charge in [0, 0.05) is 38.5 Å². The van der Waals surface area contributed by atoms with Crippen LogP contribution in [0.25, 0.3) is 11.3 Å². The summed E-state index contributed by atoms with van der Waals surface area (Å²) in [6.45, 7) is 2.59. The van der Waals surface area contributed by atoms with Gasteiger partial charge in [-0.3, -0.25) is 4.68 Å². The monoisotopic (exact) mass is 327 g/mol. The molecule has 0 saturated heterocycles. The van der Waals surface area contributed by atoms with Crippen LogP contribution in [0.4, 0.5) is 0 Å². The Morgan fingerprint density at radius 3 is 2.58 bits per heavy atom. The maximum Gasteiger partial charge on any atom is 0.162 e. The highest BCUT2D eigenvalue weighted by Gasteiger charge is 2.11. The Morgan fingerprint density at radius 2 is 1.88 bits per heavy atom. The predicted octanol–water partition coefficient (Wildman–Crippen LogP) is 3.06. The minimum absolute atomic E-state index is 0.285. The zero-order chi connectivity index (χ0) is 16.9. The SMILES string of the molecule is COC(Cc1ccn(Cc2cc(-c3ccc(C)cc3)no2)n1)OC. The fraction of sp³-hybridized carbons (Fsp3) is 0.333. The van der Waals surface area contributed by atoms with Crippen molar-refractivity contribution in [3.63, 3.8) is 0 Å². The Bertz CT molecular complexity index is 773. The van der Waals surface area contributed by atoms with Gasteiger partial charge in [-0.05, 0) is 13.0 Å². The van der Waals surface area contributed by atoms with Gasteiger partial charge in [0.15, 0.2) is 12.1 Å². The molecule has 1 aromatic carbocycles. The van der Waals surface area contributed by atoms with Crippen molar-refractivity contribution >= 4 is 0 Å². The van der Waals surface area contributed by atoms with Gasteiger partial charge in [0.1, 0.15) is 12.2 Å². The summed E-state index contributed by atoms with van der Waals surface area (Å²) in [5.41, 5.74) is 4.00. The van der Waals surface area contributed by atoms with E-state index in [1.807, 2.05) is 35.1 Å². The van der Waals surface area contributed by atoms with Crippen molar-refractivity contribution in [3.8, 4) is 11.3 Å². The Balaban J connectivity index is 1.67. The van der Waals surface area contributed by atoms with E-state index in [0.717, 1.165) is 22.7 Å². The Labute approximate surface area is 141 Å². The summed E-state index contributed by atoms with van der Waals surface area (Å²) in [7, 11) is 3.23. The van der Waals surface area contributed by atoms with Crippen molar-refractivity contribution in [2.24, 2.45) is 0 Å². The topological polar surface area (TPSA) is 62.3 Å².